The lowest BCUT2D eigenvalue weighted by molar-refractivity contribution is -0.104. The van der Waals surface area contributed by atoms with Crippen molar-refractivity contribution < 1.29 is 4.79 Å². The summed E-state index contributed by atoms with van der Waals surface area (Å²) in [6.45, 7) is 4.17. The minimum atomic E-state index is 0.646. The van der Waals surface area contributed by atoms with E-state index < -0.39 is 0 Å². The summed E-state index contributed by atoms with van der Waals surface area (Å²) < 4.78 is 0. The maximum atomic E-state index is 10.4. The van der Waals surface area contributed by atoms with Crippen molar-refractivity contribution in [3.05, 3.63) is 30.0 Å². The average molecular weight is 147 g/mol. The van der Waals surface area contributed by atoms with Crippen LogP contribution in [0.2, 0.25) is 0 Å². The number of hydrogen-bond acceptors (Lipinski definition) is 2. The summed E-state index contributed by atoms with van der Waals surface area (Å²) in [6, 6.07) is 0. The van der Waals surface area contributed by atoms with Crippen LogP contribution in [0.1, 0.15) is 6.42 Å². The van der Waals surface area contributed by atoms with Gasteiger partial charge in [0.15, 0.2) is 6.29 Å². The highest BCUT2D eigenvalue weighted by Crippen LogP contribution is 2.05. The molecule has 0 aromatic rings. The van der Waals surface area contributed by atoms with Crippen molar-refractivity contribution in [2.45, 2.75) is 6.42 Å². The van der Waals surface area contributed by atoms with E-state index in [0.29, 0.717) is 11.3 Å². The lowest BCUT2D eigenvalue weighted by Gasteiger charge is -2.04. The van der Waals surface area contributed by atoms with Crippen molar-refractivity contribution in [3.63, 3.8) is 0 Å². The molecule has 2 nitrogen and oxygen atoms in total. The fourth-order valence-corrected chi connectivity index (χ4v) is 0.935. The van der Waals surface area contributed by atoms with Crippen LogP contribution < -0.4 is 0 Å². The molecule has 0 aliphatic carbocycles. The summed E-state index contributed by atoms with van der Waals surface area (Å²) in [5.74, 6) is 0. The third-order valence-corrected chi connectivity index (χ3v) is 1.44. The number of carbonyl (C=O) groups is 1. The van der Waals surface area contributed by atoms with E-state index in [-0.39, 0.29) is 0 Å². The van der Waals surface area contributed by atoms with Gasteiger partial charge in [0.25, 0.3) is 0 Å². The second-order valence-electron chi connectivity index (χ2n) is 2.18. The molecule has 0 bridgehead atoms. The summed E-state index contributed by atoms with van der Waals surface area (Å²) in [5, 5.41) is 0. The van der Waals surface area contributed by atoms with Crippen molar-refractivity contribution in [1.29, 1.82) is 0 Å². The molecule has 1 aliphatic heterocycles. The number of carbonyl (C=O) groups excluding carboxylic acids is 1. The van der Waals surface area contributed by atoms with Gasteiger partial charge in [-0.15, -0.1) is 5.73 Å². The van der Waals surface area contributed by atoms with Crippen molar-refractivity contribution in [3.8, 4) is 0 Å². The molecule has 0 N–H and O–H groups in total. The third-order valence-electron chi connectivity index (χ3n) is 1.44. The number of rotatable bonds is 2. The summed E-state index contributed by atoms with van der Waals surface area (Å²) in [6.07, 6.45) is 5.16. The molecule has 11 heavy (non-hydrogen) atoms. The van der Waals surface area contributed by atoms with Crippen molar-refractivity contribution in [1.82, 2.24) is 0 Å². The quantitative estimate of drug-likeness (QED) is 0.427. The Balaban J connectivity index is 2.91. The first-order valence-corrected chi connectivity index (χ1v) is 3.44. The van der Waals surface area contributed by atoms with E-state index in [1.807, 2.05) is 6.08 Å². The number of aliphatic imine (C=N–C) groups is 1. The minimum absolute atomic E-state index is 0.646. The maximum absolute atomic E-state index is 10.4. The zero-order valence-electron chi connectivity index (χ0n) is 6.21. The number of hydrogen-bond donors (Lipinski definition) is 0. The summed E-state index contributed by atoms with van der Waals surface area (Å²) in [4.78, 5) is 14.6. The first kappa shape index (κ1) is 7.70. The van der Waals surface area contributed by atoms with Crippen LogP contribution in [0.15, 0.2) is 35.0 Å². The molecule has 56 valence electrons. The Bertz CT molecular complexity index is 267. The molecule has 0 aromatic heterocycles. The molecular weight excluding hydrogens is 138 g/mol. The van der Waals surface area contributed by atoms with Crippen LogP contribution in [0.25, 0.3) is 0 Å². The van der Waals surface area contributed by atoms with Gasteiger partial charge in [-0.1, -0.05) is 12.7 Å². The Morgan fingerprint density at radius 2 is 2.55 bits per heavy atom. The van der Waals surface area contributed by atoms with Crippen LogP contribution in [0, 0.1) is 0 Å². The number of dihydropyridines is 1. The fraction of sp³-hybridized carbons (Fsp3) is 0.222. The van der Waals surface area contributed by atoms with Crippen molar-refractivity contribution >= 4 is 12.0 Å². The van der Waals surface area contributed by atoms with E-state index in [1.54, 1.807) is 6.08 Å². The van der Waals surface area contributed by atoms with Gasteiger partial charge in [-0.05, 0) is 6.42 Å². The minimum Gasteiger partial charge on any atom is -0.298 e. The SMILES string of the molecule is C=C=CC1=NCCC=C1C=O. The first-order chi connectivity index (χ1) is 5.38. The molecule has 0 spiro atoms. The van der Waals surface area contributed by atoms with Crippen LogP contribution in [0.3, 0.4) is 0 Å². The summed E-state index contributed by atoms with van der Waals surface area (Å²) in [7, 11) is 0. The van der Waals surface area contributed by atoms with Crippen molar-refractivity contribution in [2.24, 2.45) is 4.99 Å². The predicted octanol–water partition coefficient (Wildman–Crippen LogP) is 1.30. The van der Waals surface area contributed by atoms with E-state index in [2.05, 4.69) is 17.3 Å². The molecule has 0 atom stereocenters. The van der Waals surface area contributed by atoms with E-state index in [4.69, 9.17) is 0 Å². The molecule has 1 rings (SSSR count). The highest BCUT2D eigenvalue weighted by Gasteiger charge is 2.05. The molecule has 2 heteroatoms. The monoisotopic (exact) mass is 147 g/mol. The molecule has 0 saturated carbocycles. The number of allylic oxidation sites excluding steroid dienone is 2. The molecule has 0 unspecified atom stereocenters. The van der Waals surface area contributed by atoms with Gasteiger partial charge in [0.05, 0.1) is 5.71 Å². The standard InChI is InChI=1S/C9H9NO/c1-2-4-9-8(7-11)5-3-6-10-9/h4-5,7H,1,3,6H2. The largest absolute Gasteiger partial charge is 0.298 e. The predicted molar refractivity (Wildman–Crippen MR) is 44.8 cm³/mol. The van der Waals surface area contributed by atoms with Gasteiger partial charge in [0, 0.05) is 18.2 Å². The zero-order chi connectivity index (χ0) is 8.10. The third kappa shape index (κ3) is 1.76. The molecule has 0 saturated heterocycles. The summed E-state index contributed by atoms with van der Waals surface area (Å²) in [5.41, 5.74) is 3.94. The van der Waals surface area contributed by atoms with Crippen LogP contribution >= 0.6 is 0 Å². The lowest BCUT2D eigenvalue weighted by atomic mass is 10.1. The van der Waals surface area contributed by atoms with Gasteiger partial charge in [-0.3, -0.25) is 9.79 Å². The van der Waals surface area contributed by atoms with Crippen molar-refractivity contribution in [2.75, 3.05) is 6.54 Å². The Kier molecular flexibility index (Phi) is 2.59. The van der Waals surface area contributed by atoms with Crippen LogP contribution in [0.4, 0.5) is 0 Å². The second kappa shape index (κ2) is 3.69. The van der Waals surface area contributed by atoms with Gasteiger partial charge >= 0.3 is 0 Å². The maximum Gasteiger partial charge on any atom is 0.151 e. The number of nitrogens with zero attached hydrogens (tertiary/aromatic N) is 1. The van der Waals surface area contributed by atoms with Crippen LogP contribution in [-0.4, -0.2) is 18.5 Å². The highest BCUT2D eigenvalue weighted by atomic mass is 16.1. The molecular formula is C9H9NO. The van der Waals surface area contributed by atoms with Gasteiger partial charge < -0.3 is 0 Å². The Morgan fingerprint density at radius 1 is 1.73 bits per heavy atom. The summed E-state index contributed by atoms with van der Waals surface area (Å²) >= 11 is 0. The second-order valence-corrected chi connectivity index (χ2v) is 2.18. The average Bonchev–Trinajstić information content (AvgIpc) is 2.06. The van der Waals surface area contributed by atoms with E-state index in [9.17, 15) is 4.79 Å². The molecule has 1 aliphatic rings. The van der Waals surface area contributed by atoms with E-state index >= 15 is 0 Å². The van der Waals surface area contributed by atoms with Crippen LogP contribution in [0.5, 0.6) is 0 Å². The van der Waals surface area contributed by atoms with E-state index in [0.717, 1.165) is 19.3 Å². The Hall–Kier alpha value is -1.40. The van der Waals surface area contributed by atoms with Gasteiger partial charge in [-0.25, -0.2) is 0 Å². The molecule has 0 aromatic carbocycles. The Labute approximate surface area is 65.6 Å². The van der Waals surface area contributed by atoms with Gasteiger partial charge in [-0.2, -0.15) is 0 Å². The first-order valence-electron chi connectivity index (χ1n) is 3.44. The molecule has 0 fully saturated rings. The normalized spacial score (nSPS) is 16.0. The van der Waals surface area contributed by atoms with E-state index in [1.165, 1.54) is 0 Å². The fourth-order valence-electron chi connectivity index (χ4n) is 0.935. The molecule has 0 radical (unpaired) electrons. The Morgan fingerprint density at radius 3 is 3.18 bits per heavy atom. The van der Waals surface area contributed by atoms with Gasteiger partial charge in [0.1, 0.15) is 0 Å². The van der Waals surface area contributed by atoms with Crippen LogP contribution in [-0.2, 0) is 4.79 Å². The zero-order valence-corrected chi connectivity index (χ0v) is 6.21. The number of aldehydes is 1. The van der Waals surface area contributed by atoms with Gasteiger partial charge in [0.2, 0.25) is 0 Å². The molecule has 1 heterocycles. The molecule has 0 amide bonds. The highest BCUT2D eigenvalue weighted by molar-refractivity contribution is 6.20. The lowest BCUT2D eigenvalue weighted by Crippen LogP contribution is -2.06. The smallest absolute Gasteiger partial charge is 0.151 e. The topological polar surface area (TPSA) is 29.4 Å².